The number of ether oxygens (including phenoxy) is 1. The van der Waals surface area contributed by atoms with Gasteiger partial charge in [0, 0.05) is 17.3 Å². The van der Waals surface area contributed by atoms with E-state index in [0.29, 0.717) is 35.9 Å². The van der Waals surface area contributed by atoms with Gasteiger partial charge in [0.2, 0.25) is 0 Å². The molecular weight excluding hydrogens is 372 g/mol. The molecule has 0 aromatic carbocycles. The van der Waals surface area contributed by atoms with E-state index in [1.165, 1.54) is 5.57 Å². The summed E-state index contributed by atoms with van der Waals surface area (Å²) in [4.78, 5) is 13.2. The quantitative estimate of drug-likeness (QED) is 0.618. The summed E-state index contributed by atoms with van der Waals surface area (Å²) in [7, 11) is 0. The first kappa shape index (κ1) is 20.7. The van der Waals surface area contributed by atoms with Crippen LogP contribution >= 0.6 is 0 Å². The Morgan fingerprint density at radius 3 is 2.77 bits per heavy atom. The third-order valence-electron chi connectivity index (χ3n) is 9.76. The highest BCUT2D eigenvalue weighted by Crippen LogP contribution is 2.66. The Hall–Kier alpha value is -1.19. The molecule has 164 valence electrons. The summed E-state index contributed by atoms with van der Waals surface area (Å²) in [6.45, 7) is 11.6. The molecule has 4 aliphatic carbocycles. The minimum atomic E-state index is -0.285. The van der Waals surface area contributed by atoms with Crippen LogP contribution in [0.1, 0.15) is 72.1 Å². The van der Waals surface area contributed by atoms with E-state index in [1.807, 2.05) is 0 Å². The molecule has 0 spiro atoms. The van der Waals surface area contributed by atoms with Crippen molar-refractivity contribution in [2.75, 3.05) is 6.61 Å². The van der Waals surface area contributed by atoms with Gasteiger partial charge in [0.1, 0.15) is 0 Å². The molecule has 5 rings (SSSR count). The van der Waals surface area contributed by atoms with E-state index in [2.05, 4.69) is 39.5 Å². The number of hydrogen-bond donors (Lipinski definition) is 1. The third kappa shape index (κ3) is 2.80. The second kappa shape index (κ2) is 7.17. The van der Waals surface area contributed by atoms with Crippen molar-refractivity contribution in [3.63, 3.8) is 0 Å². The fraction of sp³-hybridized carbons (Fsp3) is 0.741. The van der Waals surface area contributed by atoms with Crippen LogP contribution in [0.5, 0.6) is 0 Å². The molecule has 0 unspecified atom stereocenters. The summed E-state index contributed by atoms with van der Waals surface area (Å²) in [5, 5.41) is 10.4. The lowest BCUT2D eigenvalue weighted by Crippen LogP contribution is -2.52. The van der Waals surface area contributed by atoms with E-state index in [1.54, 1.807) is 5.57 Å². The van der Waals surface area contributed by atoms with Gasteiger partial charge >= 0.3 is 0 Å². The number of carbonyl (C=O) groups is 1. The summed E-state index contributed by atoms with van der Waals surface area (Å²) < 4.78 is 6.19. The first-order valence-corrected chi connectivity index (χ1v) is 12.2. The highest BCUT2D eigenvalue weighted by Gasteiger charge is 2.63. The zero-order chi connectivity index (χ0) is 21.3. The first-order valence-electron chi connectivity index (χ1n) is 12.2. The molecule has 1 aliphatic heterocycles. The van der Waals surface area contributed by atoms with Gasteiger partial charge in [0.05, 0.1) is 18.8 Å². The van der Waals surface area contributed by atoms with Gasteiger partial charge in [0.15, 0.2) is 5.78 Å². The lowest BCUT2D eigenvalue weighted by Gasteiger charge is -2.55. The van der Waals surface area contributed by atoms with E-state index in [4.69, 9.17) is 4.74 Å². The Morgan fingerprint density at radius 1 is 1.20 bits per heavy atom. The number of aliphatic hydroxyl groups excluding tert-OH is 1. The van der Waals surface area contributed by atoms with Crippen LogP contribution in [0.3, 0.4) is 0 Å². The van der Waals surface area contributed by atoms with Gasteiger partial charge in [-0.05, 0) is 74.2 Å². The number of hydrogen-bond acceptors (Lipinski definition) is 3. The molecule has 7 atom stereocenters. The Morgan fingerprint density at radius 2 is 2.00 bits per heavy atom. The van der Waals surface area contributed by atoms with Crippen molar-refractivity contribution in [3.8, 4) is 0 Å². The molecule has 2 bridgehead atoms. The monoisotopic (exact) mass is 410 g/mol. The molecule has 1 N–H and O–H groups in total. The maximum absolute atomic E-state index is 13.2. The van der Waals surface area contributed by atoms with Gasteiger partial charge in [-0.25, -0.2) is 0 Å². The first-order chi connectivity index (χ1) is 14.3. The predicted molar refractivity (Wildman–Crippen MR) is 119 cm³/mol. The van der Waals surface area contributed by atoms with E-state index in [0.717, 1.165) is 57.1 Å². The van der Waals surface area contributed by atoms with Gasteiger partial charge in [0.25, 0.3) is 0 Å². The SMILES string of the molecule is C=C(CCC(=O)C1=CC[C@H]2C3=CC[C@H]4[C@H]5OC[C@@]4(CC[C@@H]5O)[C@H]3CC[C@]12C)C(C)C. The topological polar surface area (TPSA) is 46.5 Å². The number of allylic oxidation sites excluding steroid dienone is 5. The molecule has 0 aromatic heterocycles. The third-order valence-corrected chi connectivity index (χ3v) is 9.76. The Labute approximate surface area is 181 Å². The highest BCUT2D eigenvalue weighted by molar-refractivity contribution is 5.97. The molecule has 1 heterocycles. The second-order valence-corrected chi connectivity index (χ2v) is 11.3. The zero-order valence-corrected chi connectivity index (χ0v) is 19.0. The van der Waals surface area contributed by atoms with Crippen LogP contribution in [0.2, 0.25) is 0 Å². The minimum Gasteiger partial charge on any atom is -0.390 e. The number of carbonyl (C=O) groups excluding carboxylic acids is 1. The predicted octanol–water partition coefficient (Wildman–Crippen LogP) is 5.40. The lowest BCUT2D eigenvalue weighted by atomic mass is 9.48. The van der Waals surface area contributed by atoms with Gasteiger partial charge < -0.3 is 9.84 Å². The molecule has 3 fully saturated rings. The van der Waals surface area contributed by atoms with Crippen molar-refractivity contribution in [1.82, 2.24) is 0 Å². The van der Waals surface area contributed by atoms with Gasteiger partial charge in [-0.1, -0.05) is 50.6 Å². The van der Waals surface area contributed by atoms with Crippen LogP contribution in [-0.4, -0.2) is 29.7 Å². The Balaban J connectivity index is 1.36. The normalized spacial score (nSPS) is 44.1. The Kier molecular flexibility index (Phi) is 4.95. The van der Waals surface area contributed by atoms with Crippen molar-refractivity contribution in [1.29, 1.82) is 0 Å². The molecule has 1 saturated heterocycles. The summed E-state index contributed by atoms with van der Waals surface area (Å²) >= 11 is 0. The van der Waals surface area contributed by atoms with Crippen LogP contribution in [0.25, 0.3) is 0 Å². The van der Waals surface area contributed by atoms with Gasteiger partial charge in [-0.3, -0.25) is 4.79 Å². The van der Waals surface area contributed by atoms with E-state index in [9.17, 15) is 9.90 Å². The molecule has 0 radical (unpaired) electrons. The average molecular weight is 411 g/mol. The van der Waals surface area contributed by atoms with Crippen molar-refractivity contribution >= 4 is 5.78 Å². The van der Waals surface area contributed by atoms with Gasteiger partial charge in [-0.15, -0.1) is 0 Å². The lowest BCUT2D eigenvalue weighted by molar-refractivity contribution is -0.117. The summed E-state index contributed by atoms with van der Waals surface area (Å²) in [5.41, 5.74) is 4.13. The largest absolute Gasteiger partial charge is 0.390 e. The van der Waals surface area contributed by atoms with Crippen LogP contribution in [0.4, 0.5) is 0 Å². The van der Waals surface area contributed by atoms with Gasteiger partial charge in [-0.2, -0.15) is 0 Å². The smallest absolute Gasteiger partial charge is 0.159 e. The van der Waals surface area contributed by atoms with Crippen LogP contribution in [0, 0.1) is 34.5 Å². The van der Waals surface area contributed by atoms with E-state index in [-0.39, 0.29) is 23.0 Å². The summed E-state index contributed by atoms with van der Waals surface area (Å²) in [5.74, 6) is 2.33. The average Bonchev–Trinajstić information content (AvgIpc) is 3.23. The van der Waals surface area contributed by atoms with E-state index < -0.39 is 0 Å². The van der Waals surface area contributed by atoms with Crippen molar-refractivity contribution < 1.29 is 14.6 Å². The summed E-state index contributed by atoms with van der Waals surface area (Å²) in [6, 6.07) is 0. The number of rotatable bonds is 5. The Bertz CT molecular complexity index is 820. The maximum Gasteiger partial charge on any atom is 0.159 e. The molecule has 0 amide bonds. The van der Waals surface area contributed by atoms with Crippen LogP contribution < -0.4 is 0 Å². The molecule has 2 saturated carbocycles. The summed E-state index contributed by atoms with van der Waals surface area (Å²) in [6.07, 6.45) is 12.2. The minimum absolute atomic E-state index is 0.00486. The molecule has 3 heteroatoms. The van der Waals surface area contributed by atoms with E-state index >= 15 is 0 Å². The van der Waals surface area contributed by atoms with Crippen LogP contribution in [-0.2, 0) is 9.53 Å². The molecule has 30 heavy (non-hydrogen) atoms. The van der Waals surface area contributed by atoms with Crippen molar-refractivity contribution in [2.24, 2.45) is 34.5 Å². The van der Waals surface area contributed by atoms with Crippen molar-refractivity contribution in [2.45, 2.75) is 84.3 Å². The standard InChI is InChI=1S/C27H38O3/c1-16(2)17(3)5-10-23(28)21-9-8-19-18-6-7-22-25-24(29)12-14-27(22,15-30-25)20(18)11-13-26(19,21)4/h6,9,16,19-20,22,24-25,29H,3,5,7-8,10-15H2,1-2,4H3/t19-,20-,22-,24-,25+,26-,27-/m0/s1. The number of Topliss-reactive ketones (excluding diaryl/α,β-unsaturated/α-hetero) is 1. The fourth-order valence-corrected chi connectivity index (χ4v) is 7.80. The number of aliphatic hydroxyl groups is 1. The highest BCUT2D eigenvalue weighted by atomic mass is 16.5. The molecule has 5 aliphatic rings. The fourth-order valence-electron chi connectivity index (χ4n) is 7.80. The second-order valence-electron chi connectivity index (χ2n) is 11.3. The molecular formula is C27H38O3. The maximum atomic E-state index is 13.2. The number of fused-ring (bicyclic) bond motifs is 3. The molecule has 3 nitrogen and oxygen atoms in total. The van der Waals surface area contributed by atoms with Crippen LogP contribution in [0.15, 0.2) is 35.5 Å². The number of ketones is 1. The van der Waals surface area contributed by atoms with Crippen molar-refractivity contribution in [3.05, 3.63) is 35.5 Å². The molecule has 0 aromatic rings. The zero-order valence-electron chi connectivity index (χ0n) is 19.0.